The summed E-state index contributed by atoms with van der Waals surface area (Å²) in [6.45, 7) is 1.46. The lowest BCUT2D eigenvalue weighted by Gasteiger charge is -2.08. The van der Waals surface area contributed by atoms with Gasteiger partial charge in [-0.1, -0.05) is 24.3 Å². The van der Waals surface area contributed by atoms with Crippen LogP contribution in [0.4, 0.5) is 0 Å². The molecule has 1 aromatic carbocycles. The van der Waals surface area contributed by atoms with Gasteiger partial charge in [0.05, 0.1) is 19.0 Å². The highest BCUT2D eigenvalue weighted by molar-refractivity contribution is 5.81. The molecule has 0 bridgehead atoms. The number of nitrogens with one attached hydrogen (secondary N) is 1. The van der Waals surface area contributed by atoms with Crippen molar-refractivity contribution in [1.29, 1.82) is 0 Å². The number of rotatable bonds is 3. The maximum Gasteiger partial charge on any atom is 0.211 e. The first-order valence-corrected chi connectivity index (χ1v) is 5.30. The Morgan fingerprint density at radius 1 is 1.35 bits per heavy atom. The number of nitrogens with two attached hydrogens (primary N) is 2. The van der Waals surface area contributed by atoms with Gasteiger partial charge in [-0.15, -0.1) is 5.10 Å². The van der Waals surface area contributed by atoms with Gasteiger partial charge in [-0.25, -0.2) is 0 Å². The van der Waals surface area contributed by atoms with Gasteiger partial charge in [0.15, 0.2) is 0 Å². The molecule has 17 heavy (non-hydrogen) atoms. The van der Waals surface area contributed by atoms with Gasteiger partial charge in [-0.2, -0.15) is 5.10 Å². The molecule has 0 radical (unpaired) electrons. The number of nitrogens with zero attached hydrogens (tertiary/aromatic N) is 2. The van der Waals surface area contributed by atoms with Crippen molar-refractivity contribution in [3.8, 4) is 0 Å². The van der Waals surface area contributed by atoms with E-state index in [-0.39, 0.29) is 12.1 Å². The first-order chi connectivity index (χ1) is 8.25. The van der Waals surface area contributed by atoms with E-state index in [2.05, 4.69) is 15.5 Å². The number of benzene rings is 1. The average molecular weight is 233 g/mol. The maximum absolute atomic E-state index is 5.49. The van der Waals surface area contributed by atoms with Gasteiger partial charge in [0, 0.05) is 6.54 Å². The van der Waals surface area contributed by atoms with E-state index in [0.717, 1.165) is 17.7 Å². The van der Waals surface area contributed by atoms with Crippen LogP contribution in [-0.2, 0) is 4.74 Å². The monoisotopic (exact) mass is 233 g/mol. The van der Waals surface area contributed by atoms with Gasteiger partial charge in [0.1, 0.15) is 0 Å². The standard InChI is InChI=1S/C11H15N5O/c12-11(13)16-15-5-8-1-3-9(4-2-8)10-6-14-7-17-10/h1-5,10,14H,6-7H2,(H4,12,13,16). The molecule has 0 amide bonds. The molecule has 1 fully saturated rings. The van der Waals surface area contributed by atoms with E-state index in [1.807, 2.05) is 24.3 Å². The molecule has 6 heteroatoms. The molecule has 1 aliphatic rings. The van der Waals surface area contributed by atoms with Crippen LogP contribution in [-0.4, -0.2) is 25.4 Å². The van der Waals surface area contributed by atoms with Crippen molar-refractivity contribution < 1.29 is 4.74 Å². The lowest BCUT2D eigenvalue weighted by atomic mass is 10.1. The Morgan fingerprint density at radius 2 is 2.12 bits per heavy atom. The Labute approximate surface area is 99.4 Å². The van der Waals surface area contributed by atoms with E-state index in [4.69, 9.17) is 16.2 Å². The molecule has 1 aliphatic heterocycles. The zero-order valence-electron chi connectivity index (χ0n) is 9.34. The predicted molar refractivity (Wildman–Crippen MR) is 66.5 cm³/mol. The van der Waals surface area contributed by atoms with Gasteiger partial charge in [0.2, 0.25) is 5.96 Å². The fourth-order valence-corrected chi connectivity index (χ4v) is 1.58. The number of hydrogen-bond donors (Lipinski definition) is 3. The minimum absolute atomic E-state index is 0.0525. The van der Waals surface area contributed by atoms with Crippen molar-refractivity contribution in [3.63, 3.8) is 0 Å². The minimum atomic E-state index is -0.0525. The van der Waals surface area contributed by atoms with Crippen molar-refractivity contribution in [3.05, 3.63) is 35.4 Å². The van der Waals surface area contributed by atoms with Crippen molar-refractivity contribution >= 4 is 12.2 Å². The highest BCUT2D eigenvalue weighted by atomic mass is 16.5. The van der Waals surface area contributed by atoms with Crippen LogP contribution in [0.5, 0.6) is 0 Å². The maximum atomic E-state index is 5.49. The summed E-state index contributed by atoms with van der Waals surface area (Å²) in [5, 5.41) is 10.4. The van der Waals surface area contributed by atoms with E-state index in [0.29, 0.717) is 6.73 Å². The van der Waals surface area contributed by atoms with Crippen LogP contribution in [0.25, 0.3) is 0 Å². The van der Waals surface area contributed by atoms with Crippen LogP contribution in [0.1, 0.15) is 17.2 Å². The molecule has 5 N–H and O–H groups in total. The molecular weight excluding hydrogens is 218 g/mol. The normalized spacial score (nSPS) is 19.6. The summed E-state index contributed by atoms with van der Waals surface area (Å²) in [6.07, 6.45) is 1.73. The van der Waals surface area contributed by atoms with E-state index in [9.17, 15) is 0 Å². The highest BCUT2D eigenvalue weighted by Crippen LogP contribution is 2.19. The van der Waals surface area contributed by atoms with Gasteiger partial charge in [-0.3, -0.25) is 5.32 Å². The first kappa shape index (κ1) is 11.6. The second-order valence-corrected chi connectivity index (χ2v) is 3.69. The lowest BCUT2D eigenvalue weighted by molar-refractivity contribution is 0.114. The molecule has 1 atom stereocenters. The third-order valence-corrected chi connectivity index (χ3v) is 2.40. The van der Waals surface area contributed by atoms with E-state index in [1.165, 1.54) is 0 Å². The average Bonchev–Trinajstić information content (AvgIpc) is 2.83. The fraction of sp³-hybridized carbons (Fsp3) is 0.273. The topological polar surface area (TPSA) is 98.0 Å². The zero-order valence-corrected chi connectivity index (χ0v) is 9.34. The Morgan fingerprint density at radius 3 is 2.71 bits per heavy atom. The van der Waals surface area contributed by atoms with Gasteiger partial charge in [-0.05, 0) is 11.1 Å². The van der Waals surface area contributed by atoms with E-state index >= 15 is 0 Å². The third kappa shape index (κ3) is 3.27. The molecule has 90 valence electrons. The van der Waals surface area contributed by atoms with Crippen LogP contribution in [0.3, 0.4) is 0 Å². The zero-order chi connectivity index (χ0) is 12.1. The van der Waals surface area contributed by atoms with Gasteiger partial charge >= 0.3 is 0 Å². The second-order valence-electron chi connectivity index (χ2n) is 3.69. The Balaban J connectivity index is 2.02. The molecule has 1 unspecified atom stereocenters. The highest BCUT2D eigenvalue weighted by Gasteiger charge is 2.16. The summed E-state index contributed by atoms with van der Waals surface area (Å²) < 4.78 is 5.49. The fourth-order valence-electron chi connectivity index (χ4n) is 1.58. The quantitative estimate of drug-likeness (QED) is 0.386. The summed E-state index contributed by atoms with van der Waals surface area (Å²) in [7, 11) is 0. The number of ether oxygens (including phenoxy) is 1. The van der Waals surface area contributed by atoms with Crippen LogP contribution < -0.4 is 16.8 Å². The molecule has 0 aromatic heterocycles. The SMILES string of the molecule is NC(N)=NN=Cc1ccc(C2CNCO2)cc1. The van der Waals surface area contributed by atoms with Crippen molar-refractivity contribution in [2.45, 2.75) is 6.10 Å². The molecule has 2 rings (SSSR count). The first-order valence-electron chi connectivity index (χ1n) is 5.30. The van der Waals surface area contributed by atoms with Crippen LogP contribution in [0.2, 0.25) is 0 Å². The van der Waals surface area contributed by atoms with Gasteiger partial charge in [0.25, 0.3) is 0 Å². The third-order valence-electron chi connectivity index (χ3n) is 2.40. The second kappa shape index (κ2) is 5.42. The number of guanidine groups is 1. The molecule has 6 nitrogen and oxygen atoms in total. The minimum Gasteiger partial charge on any atom is -0.369 e. The molecular formula is C11H15N5O. The summed E-state index contributed by atoms with van der Waals surface area (Å²) in [5.41, 5.74) is 12.4. The Kier molecular flexibility index (Phi) is 3.69. The molecule has 0 spiro atoms. The van der Waals surface area contributed by atoms with E-state index in [1.54, 1.807) is 6.21 Å². The van der Waals surface area contributed by atoms with Crippen molar-refractivity contribution in [2.24, 2.45) is 21.7 Å². The van der Waals surface area contributed by atoms with Gasteiger partial charge < -0.3 is 16.2 Å². The largest absolute Gasteiger partial charge is 0.369 e. The Bertz CT molecular complexity index is 416. The van der Waals surface area contributed by atoms with Crippen LogP contribution in [0, 0.1) is 0 Å². The smallest absolute Gasteiger partial charge is 0.211 e. The summed E-state index contributed by atoms with van der Waals surface area (Å²) in [4.78, 5) is 0. The number of hydrogen-bond acceptors (Lipinski definition) is 4. The lowest BCUT2D eigenvalue weighted by Crippen LogP contribution is -2.21. The van der Waals surface area contributed by atoms with Crippen LogP contribution in [0.15, 0.2) is 34.5 Å². The molecule has 1 saturated heterocycles. The van der Waals surface area contributed by atoms with Crippen molar-refractivity contribution in [2.75, 3.05) is 13.3 Å². The summed E-state index contributed by atoms with van der Waals surface area (Å²) in [6, 6.07) is 7.91. The molecule has 0 aliphatic carbocycles. The Hall–Kier alpha value is -1.92. The van der Waals surface area contributed by atoms with E-state index < -0.39 is 0 Å². The molecule has 1 aromatic rings. The predicted octanol–water partition coefficient (Wildman–Crippen LogP) is -0.0877. The van der Waals surface area contributed by atoms with Crippen molar-refractivity contribution in [1.82, 2.24) is 5.32 Å². The molecule has 0 saturated carbocycles. The van der Waals surface area contributed by atoms with Crippen LogP contribution >= 0.6 is 0 Å². The summed E-state index contributed by atoms with van der Waals surface area (Å²) in [5.74, 6) is -0.0525. The molecule has 1 heterocycles. The summed E-state index contributed by atoms with van der Waals surface area (Å²) >= 11 is 0.